The molecular weight excluding hydrogens is 240 g/mol. The number of hydrogen-bond donors (Lipinski definition) is 2. The minimum absolute atomic E-state index is 0.0119. The van der Waals surface area contributed by atoms with E-state index in [4.69, 9.17) is 0 Å². The van der Waals surface area contributed by atoms with Gasteiger partial charge in [-0.25, -0.2) is 8.42 Å². The van der Waals surface area contributed by atoms with Gasteiger partial charge in [0, 0.05) is 6.54 Å². The Morgan fingerprint density at radius 3 is 2.59 bits per heavy atom. The van der Waals surface area contributed by atoms with Gasteiger partial charge in [-0.15, -0.1) is 0 Å². The second kappa shape index (κ2) is 4.24. The Kier molecular flexibility index (Phi) is 3.20. The molecule has 0 aromatic heterocycles. The topological polar surface area (TPSA) is 75.3 Å². The van der Waals surface area contributed by atoms with Crippen LogP contribution in [0.15, 0.2) is 0 Å². The molecule has 1 unspecified atom stereocenters. The smallest absolute Gasteiger partial charge is 0.225 e. The van der Waals surface area contributed by atoms with Crippen molar-refractivity contribution in [3.63, 3.8) is 0 Å². The molecule has 0 radical (unpaired) electrons. The third-order valence-electron chi connectivity index (χ3n) is 3.78. The standard InChI is InChI=1S/C11H20N2O3S/c1-8-5-12-6-9(8)10(14)13-11(2)3-4-17(15,16)7-11/h8-9,12H,3-7H2,1-2H3,(H,13,14)/t8-,9-,11?/m1/s1. The molecule has 3 atom stereocenters. The molecule has 0 aromatic rings. The van der Waals surface area contributed by atoms with Gasteiger partial charge in [-0.3, -0.25) is 4.79 Å². The Hall–Kier alpha value is -0.620. The molecular formula is C11H20N2O3S. The minimum Gasteiger partial charge on any atom is -0.350 e. The van der Waals surface area contributed by atoms with Crippen LogP contribution in [0, 0.1) is 11.8 Å². The largest absolute Gasteiger partial charge is 0.350 e. The van der Waals surface area contributed by atoms with Crippen LogP contribution in [0.1, 0.15) is 20.3 Å². The summed E-state index contributed by atoms with van der Waals surface area (Å²) in [5.41, 5.74) is -0.571. The van der Waals surface area contributed by atoms with Crippen LogP contribution in [0.25, 0.3) is 0 Å². The van der Waals surface area contributed by atoms with E-state index in [1.807, 2.05) is 13.8 Å². The number of rotatable bonds is 2. The summed E-state index contributed by atoms with van der Waals surface area (Å²) in [6, 6.07) is 0. The first kappa shape index (κ1) is 12.8. The fraction of sp³-hybridized carbons (Fsp3) is 0.909. The van der Waals surface area contributed by atoms with Crippen LogP contribution < -0.4 is 10.6 Å². The highest BCUT2D eigenvalue weighted by Gasteiger charge is 2.41. The maximum Gasteiger partial charge on any atom is 0.225 e. The summed E-state index contributed by atoms with van der Waals surface area (Å²) < 4.78 is 22.9. The molecule has 17 heavy (non-hydrogen) atoms. The number of carbonyl (C=O) groups is 1. The Balaban J connectivity index is 1.99. The van der Waals surface area contributed by atoms with Crippen LogP contribution >= 0.6 is 0 Å². The number of sulfone groups is 1. The molecule has 2 heterocycles. The third-order valence-corrected chi connectivity index (χ3v) is 5.69. The van der Waals surface area contributed by atoms with Crippen molar-refractivity contribution in [1.82, 2.24) is 10.6 Å². The van der Waals surface area contributed by atoms with Crippen LogP contribution in [0.2, 0.25) is 0 Å². The molecule has 2 fully saturated rings. The van der Waals surface area contributed by atoms with Crippen LogP contribution in [0.3, 0.4) is 0 Å². The maximum absolute atomic E-state index is 12.1. The first-order valence-corrected chi connectivity index (χ1v) is 7.87. The van der Waals surface area contributed by atoms with Gasteiger partial charge in [0.2, 0.25) is 5.91 Å². The van der Waals surface area contributed by atoms with Gasteiger partial charge in [-0.1, -0.05) is 6.92 Å². The zero-order chi connectivity index (χ0) is 12.7. The van der Waals surface area contributed by atoms with E-state index in [9.17, 15) is 13.2 Å². The fourth-order valence-corrected chi connectivity index (χ4v) is 4.75. The molecule has 6 heteroatoms. The van der Waals surface area contributed by atoms with E-state index in [1.54, 1.807) is 0 Å². The lowest BCUT2D eigenvalue weighted by Gasteiger charge is -2.26. The van der Waals surface area contributed by atoms with Gasteiger partial charge in [0.15, 0.2) is 9.84 Å². The maximum atomic E-state index is 12.1. The molecule has 0 saturated carbocycles. The normalized spacial score (nSPS) is 40.4. The highest BCUT2D eigenvalue weighted by molar-refractivity contribution is 7.91. The van der Waals surface area contributed by atoms with Gasteiger partial charge in [-0.2, -0.15) is 0 Å². The van der Waals surface area contributed by atoms with Crippen LogP contribution in [-0.2, 0) is 14.6 Å². The minimum atomic E-state index is -2.97. The van der Waals surface area contributed by atoms with Crippen molar-refractivity contribution in [2.45, 2.75) is 25.8 Å². The monoisotopic (exact) mass is 260 g/mol. The molecule has 98 valence electrons. The number of nitrogens with one attached hydrogen (secondary N) is 2. The van der Waals surface area contributed by atoms with Crippen molar-refractivity contribution in [2.75, 3.05) is 24.6 Å². The lowest BCUT2D eigenvalue weighted by atomic mass is 9.94. The molecule has 2 aliphatic rings. The van der Waals surface area contributed by atoms with E-state index >= 15 is 0 Å². The van der Waals surface area contributed by atoms with E-state index < -0.39 is 15.4 Å². The van der Waals surface area contributed by atoms with Crippen molar-refractivity contribution in [1.29, 1.82) is 0 Å². The molecule has 0 aromatic carbocycles. The highest BCUT2D eigenvalue weighted by atomic mass is 32.2. The molecule has 2 saturated heterocycles. The number of amides is 1. The van der Waals surface area contributed by atoms with Gasteiger partial charge in [0.25, 0.3) is 0 Å². The molecule has 0 spiro atoms. The second-order valence-corrected chi connectivity index (χ2v) is 7.82. The SMILES string of the molecule is C[C@@H]1CNC[C@H]1C(=O)NC1(C)CCS(=O)(=O)C1. The second-order valence-electron chi connectivity index (χ2n) is 5.63. The Labute approximate surface area is 102 Å². The van der Waals surface area contributed by atoms with Gasteiger partial charge < -0.3 is 10.6 Å². The predicted octanol–water partition coefficient (Wildman–Crippen LogP) is -0.465. The number of hydrogen-bond acceptors (Lipinski definition) is 4. The molecule has 5 nitrogen and oxygen atoms in total. The molecule has 2 rings (SSSR count). The summed E-state index contributed by atoms with van der Waals surface area (Å²) in [5.74, 6) is 0.525. The summed E-state index contributed by atoms with van der Waals surface area (Å²) in [6.45, 7) is 5.41. The number of carbonyl (C=O) groups excluding carboxylic acids is 1. The van der Waals surface area contributed by atoms with E-state index in [0.717, 1.165) is 6.54 Å². The highest BCUT2D eigenvalue weighted by Crippen LogP contribution is 2.24. The van der Waals surface area contributed by atoms with Crippen molar-refractivity contribution in [3.05, 3.63) is 0 Å². The lowest BCUT2D eigenvalue weighted by molar-refractivity contribution is -0.126. The summed E-state index contributed by atoms with van der Waals surface area (Å²) >= 11 is 0. The summed E-state index contributed by atoms with van der Waals surface area (Å²) in [4.78, 5) is 12.1. The van der Waals surface area contributed by atoms with E-state index in [1.165, 1.54) is 0 Å². The van der Waals surface area contributed by atoms with E-state index in [0.29, 0.717) is 18.9 Å². The van der Waals surface area contributed by atoms with Crippen molar-refractivity contribution < 1.29 is 13.2 Å². The fourth-order valence-electron chi connectivity index (χ4n) is 2.66. The molecule has 1 amide bonds. The third kappa shape index (κ3) is 2.80. The Morgan fingerprint density at radius 1 is 1.41 bits per heavy atom. The zero-order valence-corrected chi connectivity index (χ0v) is 11.1. The van der Waals surface area contributed by atoms with E-state index in [-0.39, 0.29) is 23.3 Å². The van der Waals surface area contributed by atoms with Crippen LogP contribution in [0.5, 0.6) is 0 Å². The Bertz CT molecular complexity index is 420. The molecule has 2 aliphatic heterocycles. The summed E-state index contributed by atoms with van der Waals surface area (Å²) in [7, 11) is -2.97. The van der Waals surface area contributed by atoms with Gasteiger partial charge in [0.1, 0.15) is 0 Å². The van der Waals surface area contributed by atoms with Crippen LogP contribution in [0.4, 0.5) is 0 Å². The average molecular weight is 260 g/mol. The van der Waals surface area contributed by atoms with Crippen molar-refractivity contribution in [3.8, 4) is 0 Å². The quantitative estimate of drug-likeness (QED) is 0.704. The van der Waals surface area contributed by atoms with Crippen molar-refractivity contribution in [2.24, 2.45) is 11.8 Å². The molecule has 0 bridgehead atoms. The van der Waals surface area contributed by atoms with Gasteiger partial charge in [-0.05, 0) is 25.8 Å². The van der Waals surface area contributed by atoms with Gasteiger partial charge in [0.05, 0.1) is 23.0 Å². The molecule has 2 N–H and O–H groups in total. The first-order chi connectivity index (χ1) is 7.81. The first-order valence-electron chi connectivity index (χ1n) is 6.04. The lowest BCUT2D eigenvalue weighted by Crippen LogP contribution is -2.50. The average Bonchev–Trinajstić information content (AvgIpc) is 2.70. The van der Waals surface area contributed by atoms with E-state index in [2.05, 4.69) is 10.6 Å². The summed E-state index contributed by atoms with van der Waals surface area (Å²) in [6.07, 6.45) is 0.523. The van der Waals surface area contributed by atoms with Crippen molar-refractivity contribution >= 4 is 15.7 Å². The molecule has 0 aliphatic carbocycles. The van der Waals surface area contributed by atoms with Gasteiger partial charge >= 0.3 is 0 Å². The zero-order valence-electron chi connectivity index (χ0n) is 10.3. The predicted molar refractivity (Wildman–Crippen MR) is 65.3 cm³/mol. The summed E-state index contributed by atoms with van der Waals surface area (Å²) in [5, 5.41) is 6.10. The Morgan fingerprint density at radius 2 is 2.12 bits per heavy atom. The van der Waals surface area contributed by atoms with Crippen LogP contribution in [-0.4, -0.2) is 44.5 Å².